The van der Waals surface area contributed by atoms with Gasteiger partial charge in [0.15, 0.2) is 0 Å². The first-order chi connectivity index (χ1) is 14.4. The van der Waals surface area contributed by atoms with Crippen molar-refractivity contribution in [2.24, 2.45) is 7.05 Å². The van der Waals surface area contributed by atoms with Gasteiger partial charge in [-0.2, -0.15) is 5.10 Å². The third-order valence-corrected chi connectivity index (χ3v) is 6.11. The van der Waals surface area contributed by atoms with Crippen LogP contribution in [0.15, 0.2) is 30.0 Å². The number of hydrogen-bond acceptors (Lipinski definition) is 6. The number of aliphatic hydroxyl groups excluding tert-OH is 1. The zero-order valence-corrected chi connectivity index (χ0v) is 17.6. The van der Waals surface area contributed by atoms with Gasteiger partial charge in [-0.05, 0) is 51.9 Å². The van der Waals surface area contributed by atoms with E-state index in [0.717, 1.165) is 31.6 Å². The zero-order valence-electron chi connectivity index (χ0n) is 17.6. The highest BCUT2D eigenvalue weighted by Crippen LogP contribution is 2.39. The zero-order chi connectivity index (χ0) is 21.4. The SMILES string of the molecule is Cc1nn(C)c(C)c1/C(O)=C1\C(=O)C(=O)N(CCN2CCCC2)C1c1ccccn1. The Hall–Kier alpha value is -3.00. The van der Waals surface area contributed by atoms with Gasteiger partial charge in [-0.3, -0.25) is 19.3 Å². The minimum absolute atomic E-state index is 0.0827. The first-order valence-electron chi connectivity index (χ1n) is 10.3. The van der Waals surface area contributed by atoms with E-state index in [0.29, 0.717) is 30.0 Å². The molecular formula is C22H27N5O3. The monoisotopic (exact) mass is 409 g/mol. The number of aromatic nitrogens is 3. The molecule has 8 nitrogen and oxygen atoms in total. The summed E-state index contributed by atoms with van der Waals surface area (Å²) in [4.78, 5) is 34.3. The molecule has 0 aliphatic carbocycles. The van der Waals surface area contributed by atoms with Crippen molar-refractivity contribution in [3.05, 3.63) is 52.6 Å². The summed E-state index contributed by atoms with van der Waals surface area (Å²) < 4.78 is 1.66. The molecule has 1 N–H and O–H groups in total. The average molecular weight is 409 g/mol. The molecule has 30 heavy (non-hydrogen) atoms. The number of likely N-dealkylation sites (tertiary alicyclic amines) is 2. The Kier molecular flexibility index (Phi) is 5.42. The number of aliphatic hydroxyl groups is 1. The van der Waals surface area contributed by atoms with Crippen LogP contribution in [0.25, 0.3) is 5.76 Å². The largest absolute Gasteiger partial charge is 0.507 e. The number of ketones is 1. The highest BCUT2D eigenvalue weighted by Gasteiger charge is 2.47. The van der Waals surface area contributed by atoms with Crippen LogP contribution < -0.4 is 0 Å². The van der Waals surface area contributed by atoms with Crippen molar-refractivity contribution in [1.29, 1.82) is 0 Å². The number of carbonyl (C=O) groups is 2. The fourth-order valence-electron chi connectivity index (χ4n) is 4.46. The fraction of sp³-hybridized carbons (Fsp3) is 0.455. The van der Waals surface area contributed by atoms with Gasteiger partial charge in [0.05, 0.1) is 22.5 Å². The summed E-state index contributed by atoms with van der Waals surface area (Å²) in [6.07, 6.45) is 3.95. The molecule has 0 aromatic carbocycles. The van der Waals surface area contributed by atoms with Crippen LogP contribution in [-0.2, 0) is 16.6 Å². The topological polar surface area (TPSA) is 91.6 Å². The lowest BCUT2D eigenvalue weighted by molar-refractivity contribution is -0.140. The van der Waals surface area contributed by atoms with E-state index in [1.165, 1.54) is 0 Å². The molecule has 0 bridgehead atoms. The molecule has 2 aliphatic heterocycles. The number of rotatable bonds is 5. The highest BCUT2D eigenvalue weighted by molar-refractivity contribution is 6.46. The third-order valence-electron chi connectivity index (χ3n) is 6.11. The van der Waals surface area contributed by atoms with Gasteiger partial charge in [0.2, 0.25) is 0 Å². The number of Topliss-reactive ketones (excluding diaryl/α,β-unsaturated/α-hetero) is 1. The van der Waals surface area contributed by atoms with Crippen molar-refractivity contribution < 1.29 is 14.7 Å². The van der Waals surface area contributed by atoms with E-state index >= 15 is 0 Å². The molecule has 0 radical (unpaired) electrons. The Morgan fingerprint density at radius 2 is 1.90 bits per heavy atom. The van der Waals surface area contributed by atoms with Crippen LogP contribution in [-0.4, -0.2) is 67.5 Å². The summed E-state index contributed by atoms with van der Waals surface area (Å²) >= 11 is 0. The van der Waals surface area contributed by atoms with Gasteiger partial charge < -0.3 is 14.9 Å². The maximum absolute atomic E-state index is 13.1. The summed E-state index contributed by atoms with van der Waals surface area (Å²) in [7, 11) is 1.78. The van der Waals surface area contributed by atoms with Crippen LogP contribution in [0.1, 0.15) is 41.5 Å². The van der Waals surface area contributed by atoms with Crippen molar-refractivity contribution in [2.75, 3.05) is 26.2 Å². The fourth-order valence-corrected chi connectivity index (χ4v) is 4.46. The van der Waals surface area contributed by atoms with E-state index in [9.17, 15) is 14.7 Å². The molecule has 2 aliphatic rings. The van der Waals surface area contributed by atoms with Crippen LogP contribution in [0.3, 0.4) is 0 Å². The van der Waals surface area contributed by atoms with Crippen LogP contribution in [0.5, 0.6) is 0 Å². The molecule has 2 aromatic heterocycles. The maximum atomic E-state index is 13.1. The second-order valence-electron chi connectivity index (χ2n) is 7.97. The molecule has 2 saturated heterocycles. The summed E-state index contributed by atoms with van der Waals surface area (Å²) in [5.74, 6) is -1.45. The first kappa shape index (κ1) is 20.3. The predicted molar refractivity (Wildman–Crippen MR) is 112 cm³/mol. The average Bonchev–Trinajstić information content (AvgIpc) is 3.40. The van der Waals surface area contributed by atoms with Gasteiger partial charge >= 0.3 is 0 Å². The van der Waals surface area contributed by atoms with Crippen LogP contribution in [0.2, 0.25) is 0 Å². The molecule has 158 valence electrons. The number of carbonyl (C=O) groups excluding carboxylic acids is 2. The van der Waals surface area contributed by atoms with Crippen molar-refractivity contribution in [1.82, 2.24) is 24.6 Å². The highest BCUT2D eigenvalue weighted by atomic mass is 16.3. The molecule has 1 unspecified atom stereocenters. The van der Waals surface area contributed by atoms with Crippen molar-refractivity contribution >= 4 is 17.4 Å². The number of pyridine rings is 1. The molecule has 8 heteroatoms. The number of hydrogen-bond donors (Lipinski definition) is 1. The Labute approximate surface area is 175 Å². The van der Waals surface area contributed by atoms with Gasteiger partial charge in [-0.25, -0.2) is 0 Å². The van der Waals surface area contributed by atoms with Crippen LogP contribution >= 0.6 is 0 Å². The van der Waals surface area contributed by atoms with Crippen molar-refractivity contribution in [3.8, 4) is 0 Å². The lowest BCUT2D eigenvalue weighted by Gasteiger charge is -2.26. The standard InChI is InChI=1S/C22H27N5O3/c1-14-17(15(2)25(3)24-14)20(28)18-19(16-8-4-5-9-23-16)27(22(30)21(18)29)13-12-26-10-6-7-11-26/h4-5,8-9,19,28H,6-7,10-13H2,1-3H3/b20-18+. The molecule has 1 atom stereocenters. The van der Waals surface area contributed by atoms with Crippen molar-refractivity contribution in [3.63, 3.8) is 0 Å². The van der Waals surface area contributed by atoms with E-state index in [-0.39, 0.29) is 11.3 Å². The second kappa shape index (κ2) is 8.02. The summed E-state index contributed by atoms with van der Waals surface area (Å²) in [5.41, 5.74) is 2.48. The van der Waals surface area contributed by atoms with E-state index in [1.54, 1.807) is 41.9 Å². The Morgan fingerprint density at radius 3 is 2.50 bits per heavy atom. The smallest absolute Gasteiger partial charge is 0.295 e. The molecule has 0 saturated carbocycles. The minimum atomic E-state index is -0.715. The number of aryl methyl sites for hydroxylation is 2. The molecule has 1 amide bonds. The van der Waals surface area contributed by atoms with Gasteiger partial charge in [0, 0.05) is 32.0 Å². The summed E-state index contributed by atoms with van der Waals surface area (Å²) in [5, 5.41) is 15.5. The van der Waals surface area contributed by atoms with E-state index in [2.05, 4.69) is 15.0 Å². The van der Waals surface area contributed by atoms with Crippen molar-refractivity contribution in [2.45, 2.75) is 32.7 Å². The molecule has 4 heterocycles. The van der Waals surface area contributed by atoms with Gasteiger partial charge in [-0.1, -0.05) is 6.07 Å². The minimum Gasteiger partial charge on any atom is -0.507 e. The normalized spacial score (nSPS) is 21.7. The quantitative estimate of drug-likeness (QED) is 0.461. The molecule has 2 aromatic rings. The Balaban J connectivity index is 1.79. The lowest BCUT2D eigenvalue weighted by Crippen LogP contribution is -2.37. The van der Waals surface area contributed by atoms with Gasteiger partial charge in [0.25, 0.3) is 11.7 Å². The Morgan fingerprint density at radius 1 is 1.17 bits per heavy atom. The van der Waals surface area contributed by atoms with Crippen LogP contribution in [0.4, 0.5) is 0 Å². The summed E-state index contributed by atoms with van der Waals surface area (Å²) in [6, 6.07) is 4.68. The summed E-state index contributed by atoms with van der Waals surface area (Å²) in [6.45, 7) is 6.73. The Bertz CT molecular complexity index is 1010. The lowest BCUT2D eigenvalue weighted by atomic mass is 9.97. The maximum Gasteiger partial charge on any atom is 0.295 e. The number of amides is 1. The van der Waals surface area contributed by atoms with Gasteiger partial charge in [0.1, 0.15) is 11.8 Å². The predicted octanol–water partition coefficient (Wildman–Crippen LogP) is 1.95. The van der Waals surface area contributed by atoms with Gasteiger partial charge in [-0.15, -0.1) is 0 Å². The second-order valence-corrected chi connectivity index (χ2v) is 7.97. The molecule has 0 spiro atoms. The van der Waals surface area contributed by atoms with Crippen LogP contribution in [0, 0.1) is 13.8 Å². The van der Waals surface area contributed by atoms with E-state index in [4.69, 9.17) is 0 Å². The van der Waals surface area contributed by atoms with E-state index < -0.39 is 17.7 Å². The molecule has 4 rings (SSSR count). The third kappa shape index (κ3) is 3.41. The molecule has 2 fully saturated rings. The number of nitrogens with zero attached hydrogens (tertiary/aromatic N) is 5. The van der Waals surface area contributed by atoms with E-state index in [1.807, 2.05) is 13.0 Å². The first-order valence-corrected chi connectivity index (χ1v) is 10.3. The molecular weight excluding hydrogens is 382 g/mol.